The zero-order chi connectivity index (χ0) is 31.2. The van der Waals surface area contributed by atoms with E-state index in [1.807, 2.05) is 28.8 Å². The third-order valence-corrected chi connectivity index (χ3v) is 7.86. The van der Waals surface area contributed by atoms with Crippen LogP contribution in [-0.2, 0) is 6.42 Å². The summed E-state index contributed by atoms with van der Waals surface area (Å²) in [7, 11) is 1.56. The van der Waals surface area contributed by atoms with Crippen molar-refractivity contribution in [2.24, 2.45) is 0 Å². The maximum atomic E-state index is 14.5. The summed E-state index contributed by atoms with van der Waals surface area (Å²) in [6.07, 6.45) is 6.62. The fourth-order valence-electron chi connectivity index (χ4n) is 5.69. The van der Waals surface area contributed by atoms with Gasteiger partial charge in [-0.1, -0.05) is 6.07 Å². The number of imidazole rings is 1. The van der Waals surface area contributed by atoms with Crippen LogP contribution in [0.25, 0.3) is 34.1 Å². The van der Waals surface area contributed by atoms with E-state index in [9.17, 15) is 19.1 Å². The molecule has 0 radical (unpaired) electrons. The number of pyridine rings is 2. The lowest BCUT2D eigenvalue weighted by Crippen LogP contribution is -2.28. The lowest BCUT2D eigenvalue weighted by atomic mass is 10.1. The minimum Gasteiger partial charge on any atom is -0.507 e. The number of ether oxygens (including phenoxy) is 1. The summed E-state index contributed by atoms with van der Waals surface area (Å²) >= 11 is 0. The number of aryl methyl sites for hydroxylation is 1. The highest BCUT2D eigenvalue weighted by atomic mass is 19.1. The van der Waals surface area contributed by atoms with Crippen molar-refractivity contribution in [1.29, 1.82) is 0 Å². The van der Waals surface area contributed by atoms with Crippen LogP contribution in [0.4, 0.5) is 10.2 Å². The fraction of sp³-hybridized carbons (Fsp3) is 0.125. The summed E-state index contributed by atoms with van der Waals surface area (Å²) in [5, 5.41) is 16.9. The van der Waals surface area contributed by atoms with Gasteiger partial charge in [0.05, 0.1) is 29.8 Å². The highest BCUT2D eigenvalue weighted by Gasteiger charge is 2.28. The van der Waals surface area contributed by atoms with Crippen LogP contribution in [0.3, 0.4) is 0 Å². The molecule has 4 aromatic heterocycles. The van der Waals surface area contributed by atoms with E-state index in [-0.39, 0.29) is 11.1 Å². The molecule has 1 aliphatic rings. The maximum Gasteiger partial charge on any atom is 0.254 e. The third kappa shape index (κ3) is 4.70. The number of nitrogens with zero attached hydrogens (tertiary/aromatic N) is 6. The number of nitrogens with one attached hydrogen (secondary N) is 1. The number of aldehydes is 1. The van der Waals surface area contributed by atoms with Crippen LogP contribution in [0.2, 0.25) is 0 Å². The van der Waals surface area contributed by atoms with Gasteiger partial charge in [-0.25, -0.2) is 24.0 Å². The van der Waals surface area contributed by atoms with Crippen LogP contribution in [0.5, 0.6) is 11.5 Å². The molecule has 6 aromatic rings. The van der Waals surface area contributed by atoms with E-state index in [0.717, 1.165) is 28.9 Å². The molecule has 0 saturated heterocycles. The average molecular weight is 605 g/mol. The van der Waals surface area contributed by atoms with Gasteiger partial charge in [0, 0.05) is 36.4 Å². The van der Waals surface area contributed by atoms with Gasteiger partial charge in [-0.3, -0.25) is 14.2 Å². The SMILES string of the molecule is COc1cc2nc(-c3cccnc3N)n(-c3ccc4c(c3)CC[C@@H]4NC(=O)c3cc(C=O)c(O)cc3F)c2nc1-n1cccn1. The molecule has 224 valence electrons. The van der Waals surface area contributed by atoms with Crippen LogP contribution in [-0.4, -0.2) is 53.7 Å². The number of aromatic nitrogens is 6. The summed E-state index contributed by atoms with van der Waals surface area (Å²) in [4.78, 5) is 38.3. The van der Waals surface area contributed by atoms with Crippen molar-refractivity contribution in [1.82, 2.24) is 34.6 Å². The van der Waals surface area contributed by atoms with E-state index >= 15 is 0 Å². The molecule has 0 bridgehead atoms. The zero-order valence-electron chi connectivity index (χ0n) is 23.8. The van der Waals surface area contributed by atoms with Crippen molar-refractivity contribution in [2.45, 2.75) is 18.9 Å². The molecule has 12 nitrogen and oxygen atoms in total. The number of aromatic hydroxyl groups is 1. The second kappa shape index (κ2) is 10.9. The molecule has 1 atom stereocenters. The first-order valence-electron chi connectivity index (χ1n) is 14.0. The monoisotopic (exact) mass is 604 g/mol. The number of phenols is 1. The van der Waals surface area contributed by atoms with Gasteiger partial charge in [0.1, 0.15) is 22.9 Å². The van der Waals surface area contributed by atoms with E-state index in [2.05, 4.69) is 15.4 Å². The number of amides is 1. The largest absolute Gasteiger partial charge is 0.507 e. The Labute approximate surface area is 254 Å². The Hall–Kier alpha value is -6.11. The van der Waals surface area contributed by atoms with Crippen molar-refractivity contribution in [3.63, 3.8) is 0 Å². The first-order chi connectivity index (χ1) is 21.9. The van der Waals surface area contributed by atoms with E-state index in [1.165, 1.54) is 0 Å². The molecule has 0 aliphatic heterocycles. The first-order valence-corrected chi connectivity index (χ1v) is 14.0. The average Bonchev–Trinajstić information content (AvgIpc) is 3.79. The molecular formula is C32H25FN8O4. The molecule has 4 N–H and O–H groups in total. The molecular weight excluding hydrogens is 579 g/mol. The van der Waals surface area contributed by atoms with Crippen LogP contribution in [0.15, 0.2) is 73.2 Å². The smallest absolute Gasteiger partial charge is 0.254 e. The molecule has 45 heavy (non-hydrogen) atoms. The maximum absolute atomic E-state index is 14.5. The lowest BCUT2D eigenvalue weighted by Gasteiger charge is -2.16. The fourth-order valence-corrected chi connectivity index (χ4v) is 5.69. The molecule has 1 amide bonds. The normalized spacial score (nSPS) is 14.0. The van der Waals surface area contributed by atoms with Crippen molar-refractivity contribution >= 4 is 29.2 Å². The van der Waals surface area contributed by atoms with Crippen molar-refractivity contribution in [3.8, 4) is 34.4 Å². The number of halogens is 1. The van der Waals surface area contributed by atoms with Gasteiger partial charge in [0.2, 0.25) is 0 Å². The molecule has 7 rings (SSSR count). The van der Waals surface area contributed by atoms with Gasteiger partial charge in [-0.05, 0) is 60.4 Å². The van der Waals surface area contributed by atoms with Gasteiger partial charge in [-0.2, -0.15) is 5.10 Å². The number of rotatable bonds is 7. The van der Waals surface area contributed by atoms with Crippen LogP contribution < -0.4 is 15.8 Å². The Morgan fingerprint density at radius 3 is 2.78 bits per heavy atom. The molecule has 13 heteroatoms. The highest BCUT2D eigenvalue weighted by molar-refractivity contribution is 5.97. The number of anilines is 1. The van der Waals surface area contributed by atoms with E-state index < -0.39 is 23.5 Å². The Bertz CT molecular complexity index is 2130. The third-order valence-electron chi connectivity index (χ3n) is 7.86. The predicted octanol–water partition coefficient (Wildman–Crippen LogP) is 4.33. The number of hydrogen-bond acceptors (Lipinski definition) is 9. The van der Waals surface area contributed by atoms with Crippen LogP contribution in [0, 0.1) is 5.82 Å². The summed E-state index contributed by atoms with van der Waals surface area (Å²) in [6, 6.07) is 14.4. The standard InChI is InChI=1S/C32H25FN8O4/c1-45-27-15-25-30(39-31(27)40-11-3-10-36-40)41(29(37-25)21-4-2-9-35-28(21)34)19-6-7-20-17(12-19)5-8-24(20)38-32(44)22-13-18(16-42)26(43)14-23(22)33/h2-4,6-7,9-16,24,43H,5,8H2,1H3,(H2,34,35)(H,38,44)/t24-/m0/s1. The topological polar surface area (TPSA) is 163 Å². The number of carbonyl (C=O) groups is 2. The Kier molecular flexibility index (Phi) is 6.69. The minimum atomic E-state index is -0.919. The number of hydrogen-bond donors (Lipinski definition) is 3. The Morgan fingerprint density at radius 1 is 1.16 bits per heavy atom. The molecule has 0 fully saturated rings. The Morgan fingerprint density at radius 2 is 2.02 bits per heavy atom. The number of nitrogen functional groups attached to an aromatic ring is 1. The summed E-state index contributed by atoms with van der Waals surface area (Å²) in [5.74, 6) is -0.337. The molecule has 0 unspecified atom stereocenters. The molecule has 0 spiro atoms. The predicted molar refractivity (Wildman–Crippen MR) is 162 cm³/mol. The Balaban J connectivity index is 1.31. The van der Waals surface area contributed by atoms with E-state index in [1.54, 1.807) is 48.6 Å². The van der Waals surface area contributed by atoms with E-state index in [4.69, 9.17) is 20.4 Å². The summed E-state index contributed by atoms with van der Waals surface area (Å²) in [5.41, 5.74) is 10.1. The minimum absolute atomic E-state index is 0.169. The van der Waals surface area contributed by atoms with Gasteiger partial charge in [0.25, 0.3) is 5.91 Å². The van der Waals surface area contributed by atoms with Crippen LogP contribution >= 0.6 is 0 Å². The quantitative estimate of drug-likeness (QED) is 0.225. The number of methoxy groups -OCH3 is 1. The lowest BCUT2D eigenvalue weighted by molar-refractivity contribution is 0.0932. The first kappa shape index (κ1) is 27.7. The van der Waals surface area contributed by atoms with Crippen molar-refractivity contribution < 1.29 is 23.8 Å². The molecule has 4 heterocycles. The highest BCUT2D eigenvalue weighted by Crippen LogP contribution is 2.37. The van der Waals surface area contributed by atoms with Gasteiger partial charge >= 0.3 is 0 Å². The number of carbonyl (C=O) groups excluding carboxylic acids is 2. The second-order valence-corrected chi connectivity index (χ2v) is 10.5. The number of phenolic OH excluding ortho intramolecular Hbond substituents is 1. The number of benzene rings is 2. The zero-order valence-corrected chi connectivity index (χ0v) is 23.8. The molecule has 0 saturated carbocycles. The van der Waals surface area contributed by atoms with Crippen molar-refractivity contribution in [3.05, 3.63) is 101 Å². The van der Waals surface area contributed by atoms with Gasteiger partial charge in [0.15, 0.2) is 29.3 Å². The van der Waals surface area contributed by atoms with E-state index in [0.29, 0.717) is 59.1 Å². The summed E-state index contributed by atoms with van der Waals surface area (Å²) in [6.45, 7) is 0. The number of fused-ring (bicyclic) bond motifs is 2. The number of nitrogens with two attached hydrogens (primary N) is 1. The molecule has 1 aliphatic carbocycles. The van der Waals surface area contributed by atoms with Gasteiger partial charge in [-0.15, -0.1) is 0 Å². The summed E-state index contributed by atoms with van der Waals surface area (Å²) < 4.78 is 23.7. The van der Waals surface area contributed by atoms with Crippen molar-refractivity contribution in [2.75, 3.05) is 12.8 Å². The van der Waals surface area contributed by atoms with Gasteiger partial charge < -0.3 is 20.9 Å². The second-order valence-electron chi connectivity index (χ2n) is 10.5. The van der Waals surface area contributed by atoms with Crippen LogP contribution in [0.1, 0.15) is 44.3 Å². The molecule has 2 aromatic carbocycles.